The molecule has 35 heavy (non-hydrogen) atoms. The Morgan fingerprint density at radius 2 is 1.69 bits per heavy atom. The van der Waals surface area contributed by atoms with Gasteiger partial charge in [0.05, 0.1) is 6.04 Å². The molecule has 184 valence electrons. The van der Waals surface area contributed by atoms with Crippen molar-refractivity contribution in [3.8, 4) is 5.88 Å². The van der Waals surface area contributed by atoms with Crippen molar-refractivity contribution in [3.05, 3.63) is 82.8 Å². The maximum absolute atomic E-state index is 13.5. The van der Waals surface area contributed by atoms with Crippen LogP contribution in [-0.2, 0) is 19.4 Å². The highest BCUT2D eigenvalue weighted by molar-refractivity contribution is 5.70. The van der Waals surface area contributed by atoms with Crippen molar-refractivity contribution in [2.75, 3.05) is 0 Å². The van der Waals surface area contributed by atoms with Crippen LogP contribution >= 0.6 is 0 Å². The summed E-state index contributed by atoms with van der Waals surface area (Å²) in [6, 6.07) is 17.0. The number of hydrogen-bond acceptors (Lipinski definition) is 3. The van der Waals surface area contributed by atoms with Gasteiger partial charge in [0.25, 0.3) is 0 Å². The summed E-state index contributed by atoms with van der Waals surface area (Å²) in [6.07, 6.45) is 10.3. The topological polar surface area (TPSA) is 56.1 Å². The zero-order chi connectivity index (χ0) is 24.0. The molecule has 2 aliphatic rings. The van der Waals surface area contributed by atoms with E-state index in [1.54, 1.807) is 0 Å². The average molecular weight is 476 g/mol. The van der Waals surface area contributed by atoms with Crippen LogP contribution in [0.3, 0.4) is 0 Å². The highest BCUT2D eigenvalue weighted by Crippen LogP contribution is 2.41. The Balaban J connectivity index is 1.42. The van der Waals surface area contributed by atoms with Gasteiger partial charge in [0.15, 0.2) is 0 Å². The van der Waals surface area contributed by atoms with Gasteiger partial charge in [0, 0.05) is 23.7 Å². The van der Waals surface area contributed by atoms with Gasteiger partial charge < -0.3 is 10.1 Å². The van der Waals surface area contributed by atoms with E-state index in [2.05, 4.69) is 10.00 Å². The molecule has 1 heterocycles. The first-order chi connectivity index (χ1) is 17.2. The van der Waals surface area contributed by atoms with Crippen LogP contribution < -0.4 is 10.1 Å². The maximum Gasteiger partial charge on any atom is 0.414 e. The van der Waals surface area contributed by atoms with E-state index in [-0.39, 0.29) is 11.7 Å². The Hall–Kier alpha value is -3.15. The number of rotatable bonds is 6. The van der Waals surface area contributed by atoms with Gasteiger partial charge in [0.2, 0.25) is 5.88 Å². The number of nitrogens with zero attached hydrogens (tertiary/aromatic N) is 2. The lowest BCUT2D eigenvalue weighted by Crippen LogP contribution is -2.26. The van der Waals surface area contributed by atoms with Crippen molar-refractivity contribution < 1.29 is 13.9 Å². The number of aromatic nitrogens is 2. The SMILES string of the molecule is O=C(NCc1ccccc1)Oc1nn(C2CCCCC2)c2c1CCCCC2Cc1ccc(F)cc1. The first kappa shape index (κ1) is 23.6. The lowest BCUT2D eigenvalue weighted by Gasteiger charge is -2.27. The Bertz CT molecular complexity index is 1120. The van der Waals surface area contributed by atoms with Crippen LogP contribution in [0.4, 0.5) is 9.18 Å². The normalized spacial score (nSPS) is 18.5. The molecule has 1 atom stereocenters. The van der Waals surface area contributed by atoms with Crippen LogP contribution in [0.1, 0.15) is 85.7 Å². The molecule has 1 amide bonds. The quantitative estimate of drug-likeness (QED) is 0.396. The number of carbonyl (C=O) groups excluding carboxylic acids is 1. The molecule has 0 radical (unpaired) electrons. The smallest absolute Gasteiger partial charge is 0.389 e. The molecule has 1 N–H and O–H groups in total. The van der Waals surface area contributed by atoms with Crippen molar-refractivity contribution in [2.45, 2.75) is 82.7 Å². The van der Waals surface area contributed by atoms with Crippen LogP contribution in [0, 0.1) is 5.82 Å². The van der Waals surface area contributed by atoms with Gasteiger partial charge in [-0.25, -0.2) is 9.18 Å². The van der Waals surface area contributed by atoms with E-state index < -0.39 is 6.09 Å². The summed E-state index contributed by atoms with van der Waals surface area (Å²) in [5, 5.41) is 7.80. The van der Waals surface area contributed by atoms with E-state index in [0.717, 1.165) is 61.6 Å². The fraction of sp³-hybridized carbons (Fsp3) is 0.448. The molecule has 2 aromatic carbocycles. The van der Waals surface area contributed by atoms with E-state index in [1.165, 1.54) is 37.1 Å². The zero-order valence-corrected chi connectivity index (χ0v) is 20.2. The summed E-state index contributed by atoms with van der Waals surface area (Å²) in [6.45, 7) is 0.415. The molecule has 2 aliphatic carbocycles. The third-order valence-electron chi connectivity index (χ3n) is 7.41. The number of halogens is 1. The van der Waals surface area contributed by atoms with Gasteiger partial charge in [-0.2, -0.15) is 0 Å². The molecule has 0 bridgehead atoms. The predicted octanol–water partition coefficient (Wildman–Crippen LogP) is 6.87. The molecular weight excluding hydrogens is 441 g/mol. The standard InChI is InChI=1S/C29H34FN3O2/c30-24-17-15-21(16-18-24)19-23-11-7-8-14-26-27(23)33(25-12-5-2-6-13-25)32-28(26)35-29(34)31-20-22-9-3-1-4-10-22/h1,3-4,9-10,15-18,23,25H,2,5-8,11-14,19-20H2,(H,31,34). The molecule has 0 spiro atoms. The molecule has 0 aliphatic heterocycles. The number of fused-ring (bicyclic) bond motifs is 1. The number of nitrogens with one attached hydrogen (secondary N) is 1. The molecule has 5 nitrogen and oxygen atoms in total. The summed E-state index contributed by atoms with van der Waals surface area (Å²) in [5.41, 5.74) is 4.46. The first-order valence-electron chi connectivity index (χ1n) is 13.0. The zero-order valence-electron chi connectivity index (χ0n) is 20.2. The van der Waals surface area contributed by atoms with Crippen molar-refractivity contribution in [1.29, 1.82) is 0 Å². The van der Waals surface area contributed by atoms with Crippen molar-refractivity contribution in [3.63, 3.8) is 0 Å². The van der Waals surface area contributed by atoms with Gasteiger partial charge in [0.1, 0.15) is 5.82 Å². The fourth-order valence-corrected chi connectivity index (χ4v) is 5.64. The lowest BCUT2D eigenvalue weighted by atomic mass is 9.90. The molecule has 1 unspecified atom stereocenters. The Morgan fingerprint density at radius 3 is 2.46 bits per heavy atom. The number of ether oxygens (including phenoxy) is 1. The summed E-state index contributed by atoms with van der Waals surface area (Å²) >= 11 is 0. The maximum atomic E-state index is 13.5. The number of carbonyl (C=O) groups is 1. The lowest BCUT2D eigenvalue weighted by molar-refractivity contribution is 0.196. The minimum atomic E-state index is -0.468. The van der Waals surface area contributed by atoms with Crippen LogP contribution in [0.2, 0.25) is 0 Å². The van der Waals surface area contributed by atoms with Crippen molar-refractivity contribution in [1.82, 2.24) is 15.1 Å². The minimum absolute atomic E-state index is 0.209. The highest BCUT2D eigenvalue weighted by Gasteiger charge is 2.32. The van der Waals surface area contributed by atoms with Crippen molar-refractivity contribution in [2.24, 2.45) is 0 Å². The summed E-state index contributed by atoms with van der Waals surface area (Å²) in [7, 11) is 0. The first-order valence-corrected chi connectivity index (χ1v) is 13.0. The second-order valence-electron chi connectivity index (χ2n) is 9.91. The summed E-state index contributed by atoms with van der Waals surface area (Å²) in [5.74, 6) is 0.527. The molecule has 6 heteroatoms. The average Bonchev–Trinajstić information content (AvgIpc) is 3.11. The van der Waals surface area contributed by atoms with Gasteiger partial charge in [-0.15, -0.1) is 5.10 Å². The van der Waals surface area contributed by atoms with Gasteiger partial charge >= 0.3 is 6.09 Å². The van der Waals surface area contributed by atoms with Gasteiger partial charge in [-0.1, -0.05) is 68.1 Å². The molecule has 1 saturated carbocycles. The fourth-order valence-electron chi connectivity index (χ4n) is 5.64. The van der Waals surface area contributed by atoms with Crippen molar-refractivity contribution >= 4 is 6.09 Å². The second-order valence-corrected chi connectivity index (χ2v) is 9.91. The molecule has 0 saturated heterocycles. The predicted molar refractivity (Wildman–Crippen MR) is 134 cm³/mol. The molecule has 1 fully saturated rings. The summed E-state index contributed by atoms with van der Waals surface area (Å²) in [4.78, 5) is 12.7. The Morgan fingerprint density at radius 1 is 0.943 bits per heavy atom. The van der Waals surface area contributed by atoms with Crippen LogP contribution in [-0.4, -0.2) is 15.9 Å². The Labute approximate surface area is 206 Å². The second kappa shape index (κ2) is 11.1. The monoisotopic (exact) mass is 475 g/mol. The Kier molecular flexibility index (Phi) is 7.45. The third kappa shape index (κ3) is 5.75. The van der Waals surface area contributed by atoms with Crippen LogP contribution in [0.25, 0.3) is 0 Å². The summed E-state index contributed by atoms with van der Waals surface area (Å²) < 4.78 is 21.6. The van der Waals surface area contributed by atoms with E-state index in [9.17, 15) is 9.18 Å². The van der Waals surface area contributed by atoms with Crippen LogP contribution in [0.15, 0.2) is 54.6 Å². The molecule has 3 aromatic rings. The van der Waals surface area contributed by atoms with E-state index in [0.29, 0.717) is 18.5 Å². The van der Waals surface area contributed by atoms with E-state index >= 15 is 0 Å². The third-order valence-corrected chi connectivity index (χ3v) is 7.41. The largest absolute Gasteiger partial charge is 0.414 e. The molecular formula is C29H34FN3O2. The molecule has 5 rings (SSSR count). The number of amides is 1. The highest BCUT2D eigenvalue weighted by atomic mass is 19.1. The number of benzene rings is 2. The molecule has 1 aromatic heterocycles. The van der Waals surface area contributed by atoms with Crippen LogP contribution in [0.5, 0.6) is 5.88 Å². The van der Waals surface area contributed by atoms with Gasteiger partial charge in [-0.05, 0) is 61.8 Å². The van der Waals surface area contributed by atoms with E-state index in [4.69, 9.17) is 9.84 Å². The van der Waals surface area contributed by atoms with E-state index in [1.807, 2.05) is 42.5 Å². The number of hydrogen-bond donors (Lipinski definition) is 1. The van der Waals surface area contributed by atoms with Gasteiger partial charge in [-0.3, -0.25) is 4.68 Å². The minimum Gasteiger partial charge on any atom is -0.389 e.